The van der Waals surface area contributed by atoms with Crippen molar-refractivity contribution in [3.63, 3.8) is 0 Å². The summed E-state index contributed by atoms with van der Waals surface area (Å²) in [5.41, 5.74) is 0. The van der Waals surface area contributed by atoms with Gasteiger partial charge in [0.1, 0.15) is 6.29 Å². The molecule has 0 rings (SSSR count). The smallest absolute Gasteiger partial charge is 0.137 e. The number of halogens is 1. The van der Waals surface area contributed by atoms with Crippen molar-refractivity contribution < 1.29 is 4.79 Å². The van der Waals surface area contributed by atoms with Gasteiger partial charge in [-0.3, -0.25) is 0 Å². The van der Waals surface area contributed by atoms with E-state index in [0.717, 1.165) is 0 Å². The third-order valence-electron chi connectivity index (χ3n) is 0.188. The number of carbonyl (C=O) groups is 1. The first kappa shape index (κ1) is 9.35. The van der Waals surface area contributed by atoms with E-state index in [9.17, 15) is 4.79 Å². The molecule has 0 fully saturated rings. The van der Waals surface area contributed by atoms with Gasteiger partial charge in [-0.15, -0.1) is 11.6 Å². The molecule has 0 aromatic rings. The lowest BCUT2D eigenvalue weighted by Gasteiger charge is -1.75. The molecule has 0 bridgehead atoms. The molecule has 0 aromatic heterocycles. The Hall–Kier alpha value is -0.0400. The van der Waals surface area contributed by atoms with Crippen LogP contribution in [0.2, 0.25) is 0 Å². The zero-order valence-corrected chi connectivity index (χ0v) is 3.70. The molecule has 0 aliphatic heterocycles. The number of hydrogen-bond acceptors (Lipinski definition) is 1. The molecule has 0 saturated heterocycles. The van der Waals surface area contributed by atoms with E-state index in [1.807, 2.05) is 0 Å². The van der Waals surface area contributed by atoms with Crippen molar-refractivity contribution in [1.82, 2.24) is 0 Å². The number of hydrogen-bond donors (Lipinski definition) is 0. The van der Waals surface area contributed by atoms with Gasteiger partial charge < -0.3 is 4.79 Å². The summed E-state index contributed by atoms with van der Waals surface area (Å²) in [6, 6.07) is 0. The van der Waals surface area contributed by atoms with Crippen molar-refractivity contribution >= 4 is 17.9 Å². The molecule has 1 nitrogen and oxygen atoms in total. The lowest BCUT2D eigenvalue weighted by molar-refractivity contribution is -0.107. The van der Waals surface area contributed by atoms with Crippen LogP contribution >= 0.6 is 11.6 Å². The van der Waals surface area contributed by atoms with Gasteiger partial charge in [0.15, 0.2) is 0 Å². The fraction of sp³-hybridized carbons (Fsp3) is 0.750. The van der Waals surface area contributed by atoms with E-state index in [0.29, 0.717) is 6.29 Å². The van der Waals surface area contributed by atoms with E-state index in [-0.39, 0.29) is 12.8 Å². The zero-order chi connectivity index (χ0) is 4.28. The number of carbonyl (C=O) groups excluding carboxylic acids is 1. The van der Waals surface area contributed by atoms with Gasteiger partial charge in [0.05, 0.1) is 5.38 Å². The van der Waals surface area contributed by atoms with E-state index < -0.39 is 0 Å². The van der Waals surface area contributed by atoms with Crippen LogP contribution in [-0.4, -0.2) is 11.7 Å². The molecule has 0 heterocycles. The van der Waals surface area contributed by atoms with Gasteiger partial charge >= 0.3 is 0 Å². The first-order valence-electron chi connectivity index (χ1n) is 1.36. The van der Waals surface area contributed by atoms with Crippen LogP contribution in [0.25, 0.3) is 0 Å². The highest BCUT2D eigenvalue weighted by Crippen LogP contribution is 1.82. The normalized spacial score (nSPS) is 11.7. The van der Waals surface area contributed by atoms with Gasteiger partial charge in [-0.05, 0) is 6.92 Å². The van der Waals surface area contributed by atoms with Crippen molar-refractivity contribution in [2.24, 2.45) is 0 Å². The molecule has 6 heavy (non-hydrogen) atoms. The van der Waals surface area contributed by atoms with E-state index >= 15 is 0 Å². The van der Waals surface area contributed by atoms with E-state index in [2.05, 4.69) is 0 Å². The molecule has 1 atom stereocenters. The molecule has 0 N–H and O–H groups in total. The largest absolute Gasteiger partial charge is 0.302 e. The molecule has 0 aliphatic carbocycles. The number of aldehydes is 1. The first-order valence-corrected chi connectivity index (χ1v) is 1.80. The summed E-state index contributed by atoms with van der Waals surface area (Å²) in [4.78, 5) is 9.37. The third-order valence-corrected chi connectivity index (χ3v) is 0.290. The summed E-state index contributed by atoms with van der Waals surface area (Å²) in [7, 11) is 0. The number of rotatable bonds is 1. The highest BCUT2D eigenvalue weighted by atomic mass is 35.5. The van der Waals surface area contributed by atoms with Gasteiger partial charge in [0.25, 0.3) is 0 Å². The van der Waals surface area contributed by atoms with Crippen LogP contribution in [0.5, 0.6) is 0 Å². The highest BCUT2D eigenvalue weighted by molar-refractivity contribution is 6.27. The van der Waals surface area contributed by atoms with E-state index in [1.165, 1.54) is 0 Å². The van der Waals surface area contributed by atoms with Crippen LogP contribution in [0, 0.1) is 0 Å². The Morgan fingerprint density at radius 2 is 2.00 bits per heavy atom. The van der Waals surface area contributed by atoms with Gasteiger partial charge in [-0.1, -0.05) is 7.43 Å². The van der Waals surface area contributed by atoms with Crippen LogP contribution in [0.4, 0.5) is 0 Å². The summed E-state index contributed by atoms with van der Waals surface area (Å²) >= 11 is 5.09. The lowest BCUT2D eigenvalue weighted by Crippen LogP contribution is -1.86. The van der Waals surface area contributed by atoms with Crippen LogP contribution in [-0.2, 0) is 4.79 Å². The first-order chi connectivity index (χ1) is 2.27. The second-order valence-electron chi connectivity index (χ2n) is 0.814. The molecule has 0 saturated carbocycles. The maximum absolute atomic E-state index is 9.37. The lowest BCUT2D eigenvalue weighted by atomic mass is 10.6. The maximum Gasteiger partial charge on any atom is 0.137 e. The van der Waals surface area contributed by atoms with Crippen LogP contribution in [0.3, 0.4) is 0 Å². The Bertz CT molecular complexity index is 34.5. The monoisotopic (exact) mass is 108 g/mol. The summed E-state index contributed by atoms with van der Waals surface area (Å²) in [5.74, 6) is 0. The molecule has 0 radical (unpaired) electrons. The third kappa shape index (κ3) is 9.03. The molecule has 38 valence electrons. The van der Waals surface area contributed by atoms with E-state index in [1.54, 1.807) is 6.92 Å². The van der Waals surface area contributed by atoms with Crippen molar-refractivity contribution in [3.8, 4) is 0 Å². The number of alkyl halides is 1. The van der Waals surface area contributed by atoms with Crippen molar-refractivity contribution in [2.75, 3.05) is 0 Å². The molecule has 0 spiro atoms. The Morgan fingerprint density at radius 1 is 1.83 bits per heavy atom. The van der Waals surface area contributed by atoms with Crippen LogP contribution in [0.15, 0.2) is 0 Å². The second kappa shape index (κ2) is 4.96. The topological polar surface area (TPSA) is 17.1 Å². The standard InChI is InChI=1S/C3H5ClO.CH4/c1-3(4)2-5;/h2-3H,1H3;1H4. The molecule has 1 unspecified atom stereocenters. The summed E-state index contributed by atoms with van der Waals surface area (Å²) < 4.78 is 0. The summed E-state index contributed by atoms with van der Waals surface area (Å²) in [6.45, 7) is 1.62. The molecule has 2 heteroatoms. The average Bonchev–Trinajstić information content (AvgIpc) is 1.38. The van der Waals surface area contributed by atoms with Gasteiger partial charge in [-0.25, -0.2) is 0 Å². The Labute approximate surface area is 43.3 Å². The van der Waals surface area contributed by atoms with Crippen molar-refractivity contribution in [3.05, 3.63) is 0 Å². The van der Waals surface area contributed by atoms with Crippen molar-refractivity contribution in [2.45, 2.75) is 19.7 Å². The molecule has 0 amide bonds. The molecular formula is C4H9ClO. The quantitative estimate of drug-likeness (QED) is 0.367. The van der Waals surface area contributed by atoms with Crippen LogP contribution < -0.4 is 0 Å². The van der Waals surface area contributed by atoms with Gasteiger partial charge in [-0.2, -0.15) is 0 Å². The molecule has 0 aliphatic rings. The zero-order valence-electron chi connectivity index (χ0n) is 2.94. The Kier molecular flexibility index (Phi) is 7.73. The predicted molar refractivity (Wildman–Crippen MR) is 28.1 cm³/mol. The Balaban J connectivity index is 0. The Morgan fingerprint density at radius 3 is 2.00 bits per heavy atom. The molecular weight excluding hydrogens is 99.5 g/mol. The minimum Gasteiger partial charge on any atom is -0.302 e. The average molecular weight is 109 g/mol. The second-order valence-corrected chi connectivity index (χ2v) is 1.50. The maximum atomic E-state index is 9.37. The minimum absolute atomic E-state index is 0. The SMILES string of the molecule is C.CC(Cl)C=O. The van der Waals surface area contributed by atoms with Crippen molar-refractivity contribution in [1.29, 1.82) is 0 Å². The predicted octanol–water partition coefficient (Wildman–Crippen LogP) is 1.45. The highest BCUT2D eigenvalue weighted by Gasteiger charge is 1.83. The minimum atomic E-state index is -0.324. The molecule has 0 aromatic carbocycles. The fourth-order valence-corrected chi connectivity index (χ4v) is 0. The van der Waals surface area contributed by atoms with Crippen LogP contribution in [0.1, 0.15) is 14.4 Å². The van der Waals surface area contributed by atoms with E-state index in [4.69, 9.17) is 11.6 Å². The van der Waals surface area contributed by atoms with Gasteiger partial charge in [0, 0.05) is 0 Å². The summed E-state index contributed by atoms with van der Waals surface area (Å²) in [5, 5.41) is -0.324. The van der Waals surface area contributed by atoms with Gasteiger partial charge in [0.2, 0.25) is 0 Å². The summed E-state index contributed by atoms with van der Waals surface area (Å²) in [6.07, 6.45) is 0.682. The fourth-order valence-electron chi connectivity index (χ4n) is 0.